The number of piperidine rings is 1. The largest absolute Gasteiger partial charge is 0.364 e. The standard InChI is InChI=1S/C29H30Cl3N5O/c1-20(9-12-35-29(38)28-26(31)17-34-18-27(28)32)36-13-10-25(11-14-36)37(19-22-3-2-4-23(30)15-22)24-7-5-21(16-33)6-8-24/h2-8,15,17-18,20,25H,9-14,19H2,1H3,(H,35,38). The van der Waals surface area contributed by atoms with E-state index in [1.54, 1.807) is 0 Å². The first kappa shape index (κ1) is 28.2. The predicted molar refractivity (Wildman–Crippen MR) is 154 cm³/mol. The summed E-state index contributed by atoms with van der Waals surface area (Å²) < 4.78 is 0. The zero-order valence-corrected chi connectivity index (χ0v) is 23.5. The lowest BCUT2D eigenvalue weighted by Crippen LogP contribution is -2.48. The van der Waals surface area contributed by atoms with Gasteiger partial charge in [0.1, 0.15) is 0 Å². The monoisotopic (exact) mass is 569 g/mol. The Morgan fingerprint density at radius 1 is 1.13 bits per heavy atom. The van der Waals surface area contributed by atoms with Gasteiger partial charge in [0.15, 0.2) is 0 Å². The molecule has 0 radical (unpaired) electrons. The molecule has 1 aromatic heterocycles. The molecule has 0 aliphatic carbocycles. The van der Waals surface area contributed by atoms with Crippen molar-refractivity contribution in [3.8, 4) is 6.07 Å². The Balaban J connectivity index is 1.34. The summed E-state index contributed by atoms with van der Waals surface area (Å²) in [5.74, 6) is -0.285. The van der Waals surface area contributed by atoms with E-state index in [1.165, 1.54) is 12.4 Å². The highest BCUT2D eigenvalue weighted by atomic mass is 35.5. The van der Waals surface area contributed by atoms with Crippen molar-refractivity contribution in [3.63, 3.8) is 0 Å². The van der Waals surface area contributed by atoms with Crippen LogP contribution < -0.4 is 10.2 Å². The maximum absolute atomic E-state index is 12.6. The number of likely N-dealkylation sites (tertiary alicyclic amines) is 1. The Morgan fingerprint density at radius 3 is 2.45 bits per heavy atom. The van der Waals surface area contributed by atoms with E-state index < -0.39 is 0 Å². The second-order valence-electron chi connectivity index (χ2n) is 9.56. The summed E-state index contributed by atoms with van der Waals surface area (Å²) in [6.45, 7) is 5.40. The Hall–Kier alpha value is -2.82. The van der Waals surface area contributed by atoms with E-state index in [-0.39, 0.29) is 21.5 Å². The van der Waals surface area contributed by atoms with Crippen molar-refractivity contribution in [3.05, 3.63) is 92.7 Å². The van der Waals surface area contributed by atoms with Crippen LogP contribution in [0.1, 0.15) is 47.7 Å². The summed E-state index contributed by atoms with van der Waals surface area (Å²) in [5, 5.41) is 13.4. The smallest absolute Gasteiger partial charge is 0.254 e. The van der Waals surface area contributed by atoms with Gasteiger partial charge in [0.25, 0.3) is 5.91 Å². The number of pyridine rings is 1. The molecule has 1 aliphatic heterocycles. The molecule has 1 unspecified atom stereocenters. The Kier molecular flexibility index (Phi) is 9.87. The van der Waals surface area contributed by atoms with Gasteiger partial charge in [-0.2, -0.15) is 5.26 Å². The molecule has 1 atom stereocenters. The quantitative estimate of drug-likeness (QED) is 0.314. The molecule has 2 aromatic carbocycles. The van der Waals surface area contributed by atoms with Crippen LogP contribution in [0, 0.1) is 11.3 Å². The third-order valence-corrected chi connectivity index (χ3v) is 7.87. The topological polar surface area (TPSA) is 72.3 Å². The SMILES string of the molecule is CC(CCNC(=O)c1c(Cl)cncc1Cl)N1CCC(N(Cc2cccc(Cl)c2)c2ccc(C#N)cc2)CC1. The minimum absolute atomic E-state index is 0.245. The molecule has 0 saturated carbocycles. The lowest BCUT2D eigenvalue weighted by atomic mass is 9.99. The van der Waals surface area contributed by atoms with Gasteiger partial charge >= 0.3 is 0 Å². The Morgan fingerprint density at radius 2 is 1.82 bits per heavy atom. The maximum atomic E-state index is 12.6. The predicted octanol–water partition coefficient (Wildman–Crippen LogP) is 6.59. The first-order valence-corrected chi connectivity index (χ1v) is 13.8. The van der Waals surface area contributed by atoms with Crippen molar-refractivity contribution in [2.75, 3.05) is 24.5 Å². The molecular weight excluding hydrogens is 541 g/mol. The molecule has 3 aromatic rings. The van der Waals surface area contributed by atoms with E-state index in [0.717, 1.165) is 55.2 Å². The van der Waals surface area contributed by atoms with Crippen LogP contribution in [0.2, 0.25) is 15.1 Å². The van der Waals surface area contributed by atoms with Gasteiger partial charge in [0.05, 0.1) is 27.2 Å². The molecule has 9 heteroatoms. The van der Waals surface area contributed by atoms with Crippen molar-refractivity contribution in [2.24, 2.45) is 0 Å². The number of nitrogens with one attached hydrogen (secondary N) is 1. The third-order valence-electron chi connectivity index (χ3n) is 7.06. The van der Waals surface area contributed by atoms with Crippen molar-refractivity contribution >= 4 is 46.4 Å². The van der Waals surface area contributed by atoms with Crippen molar-refractivity contribution in [2.45, 2.75) is 44.8 Å². The summed E-state index contributed by atoms with van der Waals surface area (Å²) >= 11 is 18.5. The van der Waals surface area contributed by atoms with E-state index in [9.17, 15) is 10.1 Å². The van der Waals surface area contributed by atoms with Crippen molar-refractivity contribution < 1.29 is 4.79 Å². The van der Waals surface area contributed by atoms with Crippen LogP contribution >= 0.6 is 34.8 Å². The fourth-order valence-corrected chi connectivity index (χ4v) is 5.67. The van der Waals surface area contributed by atoms with Gasteiger partial charge in [-0.05, 0) is 68.1 Å². The number of nitriles is 1. The number of carbonyl (C=O) groups is 1. The molecule has 1 aliphatic rings. The third kappa shape index (κ3) is 7.18. The van der Waals surface area contributed by atoms with Crippen LogP contribution in [0.15, 0.2) is 60.9 Å². The molecule has 2 heterocycles. The molecule has 1 saturated heterocycles. The second kappa shape index (κ2) is 13.3. The molecule has 198 valence electrons. The fraction of sp³-hybridized carbons (Fsp3) is 0.345. The normalized spacial score (nSPS) is 15.0. The number of rotatable bonds is 9. The first-order valence-electron chi connectivity index (χ1n) is 12.7. The second-order valence-corrected chi connectivity index (χ2v) is 10.8. The van der Waals surface area contributed by atoms with Crippen LogP contribution in [0.25, 0.3) is 0 Å². The van der Waals surface area contributed by atoms with E-state index in [4.69, 9.17) is 34.8 Å². The zero-order chi connectivity index (χ0) is 27.1. The number of benzene rings is 2. The van der Waals surface area contributed by atoms with Gasteiger partial charge in [-0.25, -0.2) is 0 Å². The first-order chi connectivity index (χ1) is 18.4. The highest BCUT2D eigenvalue weighted by molar-refractivity contribution is 6.39. The molecule has 1 N–H and O–H groups in total. The number of carbonyl (C=O) groups excluding carboxylic acids is 1. The molecule has 0 spiro atoms. The highest BCUT2D eigenvalue weighted by Crippen LogP contribution is 2.28. The summed E-state index contributed by atoms with van der Waals surface area (Å²) in [6, 6.07) is 18.7. The summed E-state index contributed by atoms with van der Waals surface area (Å²) in [4.78, 5) is 21.4. The zero-order valence-electron chi connectivity index (χ0n) is 21.2. The minimum atomic E-state index is -0.285. The van der Waals surface area contributed by atoms with Gasteiger partial charge in [-0.1, -0.05) is 46.9 Å². The van der Waals surface area contributed by atoms with Crippen molar-refractivity contribution in [1.29, 1.82) is 5.26 Å². The Bertz CT molecular complexity index is 1270. The molecule has 1 amide bonds. The number of aromatic nitrogens is 1. The van der Waals surface area contributed by atoms with E-state index in [2.05, 4.69) is 39.2 Å². The van der Waals surface area contributed by atoms with Gasteiger partial charge in [-0.3, -0.25) is 9.78 Å². The number of hydrogen-bond acceptors (Lipinski definition) is 5. The van der Waals surface area contributed by atoms with Crippen molar-refractivity contribution in [1.82, 2.24) is 15.2 Å². The van der Waals surface area contributed by atoms with Gasteiger partial charge in [0, 0.05) is 61.4 Å². The van der Waals surface area contributed by atoms with Gasteiger partial charge in [0.2, 0.25) is 0 Å². The summed E-state index contributed by atoms with van der Waals surface area (Å²) in [5.41, 5.74) is 3.18. The minimum Gasteiger partial charge on any atom is -0.364 e. The molecule has 4 rings (SSSR count). The molecule has 1 fully saturated rings. The molecule has 38 heavy (non-hydrogen) atoms. The van der Waals surface area contributed by atoms with E-state index in [1.807, 2.05) is 42.5 Å². The average molecular weight is 571 g/mol. The molecular formula is C29H30Cl3N5O. The van der Waals surface area contributed by atoms with E-state index in [0.29, 0.717) is 24.2 Å². The van der Waals surface area contributed by atoms with Crippen LogP contribution in [0.4, 0.5) is 5.69 Å². The average Bonchev–Trinajstić information content (AvgIpc) is 2.92. The summed E-state index contributed by atoms with van der Waals surface area (Å²) in [7, 11) is 0. The lowest BCUT2D eigenvalue weighted by molar-refractivity contribution is 0.0945. The van der Waals surface area contributed by atoms with Crippen LogP contribution in [0.3, 0.4) is 0 Å². The molecule has 0 bridgehead atoms. The Labute approximate surface area is 239 Å². The maximum Gasteiger partial charge on any atom is 0.254 e. The van der Waals surface area contributed by atoms with Gasteiger partial charge in [-0.15, -0.1) is 0 Å². The highest BCUT2D eigenvalue weighted by Gasteiger charge is 2.27. The fourth-order valence-electron chi connectivity index (χ4n) is 4.92. The number of amides is 1. The number of hydrogen-bond donors (Lipinski definition) is 1. The van der Waals surface area contributed by atoms with Gasteiger partial charge < -0.3 is 15.1 Å². The lowest BCUT2D eigenvalue weighted by Gasteiger charge is -2.42. The summed E-state index contributed by atoms with van der Waals surface area (Å²) in [6.07, 6.45) is 5.68. The van der Waals surface area contributed by atoms with Crippen LogP contribution in [-0.2, 0) is 6.54 Å². The van der Waals surface area contributed by atoms with E-state index >= 15 is 0 Å². The van der Waals surface area contributed by atoms with Crippen LogP contribution in [0.5, 0.6) is 0 Å². The number of anilines is 1. The number of halogens is 3. The number of nitrogens with zero attached hydrogens (tertiary/aromatic N) is 4. The van der Waals surface area contributed by atoms with Crippen LogP contribution in [-0.4, -0.2) is 47.5 Å². The molecule has 6 nitrogen and oxygen atoms in total.